The molecular formula is C15H15ClN2O2S. The Kier molecular flexibility index (Phi) is 3.78. The van der Waals surface area contributed by atoms with Gasteiger partial charge in [-0.05, 0) is 48.7 Å². The third kappa shape index (κ3) is 2.99. The Bertz CT molecular complexity index is 775. The molecule has 2 aromatic rings. The van der Waals surface area contributed by atoms with E-state index >= 15 is 0 Å². The second-order valence-electron chi connectivity index (χ2n) is 4.94. The average molecular weight is 323 g/mol. The minimum Gasteiger partial charge on any atom is -0.385 e. The molecule has 3 rings (SSSR count). The molecule has 0 spiro atoms. The predicted octanol–water partition coefficient (Wildman–Crippen LogP) is 3.50. The van der Waals surface area contributed by atoms with E-state index in [-0.39, 0.29) is 9.92 Å². The number of nitrogens with one attached hydrogen (secondary N) is 2. The number of aryl methyl sites for hydroxylation is 1. The molecular weight excluding hydrogens is 308 g/mol. The summed E-state index contributed by atoms with van der Waals surface area (Å²) in [4.78, 5) is 0.0857. The summed E-state index contributed by atoms with van der Waals surface area (Å²) in [6.07, 6.45) is 2.00. The molecule has 0 amide bonds. The second-order valence-corrected chi connectivity index (χ2v) is 7.00. The molecule has 1 heterocycles. The van der Waals surface area contributed by atoms with Crippen LogP contribution in [0.2, 0.25) is 5.02 Å². The third-order valence-electron chi connectivity index (χ3n) is 3.42. The molecule has 2 aromatic carbocycles. The summed E-state index contributed by atoms with van der Waals surface area (Å²) in [6, 6.07) is 11.9. The van der Waals surface area contributed by atoms with Crippen LogP contribution < -0.4 is 10.0 Å². The van der Waals surface area contributed by atoms with Gasteiger partial charge in [0.05, 0.1) is 5.02 Å². The van der Waals surface area contributed by atoms with Gasteiger partial charge in [0.15, 0.2) is 0 Å². The van der Waals surface area contributed by atoms with E-state index in [4.69, 9.17) is 11.6 Å². The molecule has 1 aliphatic rings. The van der Waals surface area contributed by atoms with Gasteiger partial charge in [-0.25, -0.2) is 8.42 Å². The highest BCUT2D eigenvalue weighted by atomic mass is 35.5. The van der Waals surface area contributed by atoms with Crippen molar-refractivity contribution < 1.29 is 8.42 Å². The highest BCUT2D eigenvalue weighted by Gasteiger charge is 2.18. The van der Waals surface area contributed by atoms with E-state index in [1.54, 1.807) is 24.3 Å². The fourth-order valence-electron chi connectivity index (χ4n) is 2.41. The molecule has 0 unspecified atom stereocenters. The number of hydrogen-bond acceptors (Lipinski definition) is 3. The van der Waals surface area contributed by atoms with Crippen molar-refractivity contribution in [3.8, 4) is 0 Å². The number of hydrogen-bond donors (Lipinski definition) is 2. The lowest BCUT2D eigenvalue weighted by Crippen LogP contribution is -2.15. The Morgan fingerprint density at radius 1 is 1.14 bits per heavy atom. The molecule has 0 fully saturated rings. The van der Waals surface area contributed by atoms with Crippen LogP contribution in [0.25, 0.3) is 0 Å². The van der Waals surface area contributed by atoms with Crippen molar-refractivity contribution in [1.82, 2.24) is 0 Å². The Hall–Kier alpha value is -1.72. The lowest BCUT2D eigenvalue weighted by molar-refractivity contribution is 0.601. The lowest BCUT2D eigenvalue weighted by atomic mass is 10.0. The summed E-state index contributed by atoms with van der Waals surface area (Å²) >= 11 is 5.96. The molecule has 110 valence electrons. The summed E-state index contributed by atoms with van der Waals surface area (Å²) in [7, 11) is -3.67. The maximum atomic E-state index is 12.4. The molecule has 0 radical (unpaired) electrons. The van der Waals surface area contributed by atoms with Crippen molar-refractivity contribution in [2.24, 2.45) is 0 Å². The van der Waals surface area contributed by atoms with Crippen LogP contribution in [0, 0.1) is 0 Å². The SMILES string of the molecule is O=S(=O)(Nc1ccc2c(c1)CCCN2)c1ccccc1Cl. The minimum atomic E-state index is -3.67. The van der Waals surface area contributed by atoms with Gasteiger partial charge in [-0.15, -0.1) is 0 Å². The van der Waals surface area contributed by atoms with E-state index in [1.165, 1.54) is 6.07 Å². The van der Waals surface area contributed by atoms with Gasteiger partial charge in [-0.1, -0.05) is 23.7 Å². The summed E-state index contributed by atoms with van der Waals surface area (Å²) in [5, 5.41) is 3.51. The van der Waals surface area contributed by atoms with Crippen LogP contribution in [0.5, 0.6) is 0 Å². The third-order valence-corrected chi connectivity index (χ3v) is 5.30. The molecule has 0 bridgehead atoms. The van der Waals surface area contributed by atoms with Crippen molar-refractivity contribution in [3.63, 3.8) is 0 Å². The maximum absolute atomic E-state index is 12.4. The Labute approximate surface area is 129 Å². The van der Waals surface area contributed by atoms with Crippen molar-refractivity contribution in [3.05, 3.63) is 53.1 Å². The molecule has 0 saturated carbocycles. The number of anilines is 2. The van der Waals surface area contributed by atoms with Gasteiger partial charge in [0.1, 0.15) is 4.90 Å². The van der Waals surface area contributed by atoms with E-state index in [1.807, 2.05) is 12.1 Å². The average Bonchev–Trinajstić information content (AvgIpc) is 2.47. The van der Waals surface area contributed by atoms with E-state index in [0.29, 0.717) is 5.69 Å². The number of benzene rings is 2. The topological polar surface area (TPSA) is 58.2 Å². The number of sulfonamides is 1. The Morgan fingerprint density at radius 2 is 1.95 bits per heavy atom. The number of rotatable bonds is 3. The molecule has 2 N–H and O–H groups in total. The van der Waals surface area contributed by atoms with Crippen molar-refractivity contribution in [1.29, 1.82) is 0 Å². The molecule has 0 aliphatic carbocycles. The zero-order valence-electron chi connectivity index (χ0n) is 11.3. The van der Waals surface area contributed by atoms with Crippen LogP contribution in [0.1, 0.15) is 12.0 Å². The second kappa shape index (κ2) is 5.58. The van der Waals surface area contributed by atoms with Crippen LogP contribution in [0.3, 0.4) is 0 Å². The van der Waals surface area contributed by atoms with Crippen molar-refractivity contribution >= 4 is 33.0 Å². The molecule has 0 saturated heterocycles. The highest BCUT2D eigenvalue weighted by Crippen LogP contribution is 2.28. The summed E-state index contributed by atoms with van der Waals surface area (Å²) < 4.78 is 27.3. The first kappa shape index (κ1) is 14.2. The summed E-state index contributed by atoms with van der Waals surface area (Å²) in [5.74, 6) is 0. The lowest BCUT2D eigenvalue weighted by Gasteiger charge is -2.19. The van der Waals surface area contributed by atoms with E-state index in [2.05, 4.69) is 10.0 Å². The van der Waals surface area contributed by atoms with Crippen molar-refractivity contribution in [2.75, 3.05) is 16.6 Å². The van der Waals surface area contributed by atoms with Crippen LogP contribution in [0.4, 0.5) is 11.4 Å². The fourth-order valence-corrected chi connectivity index (χ4v) is 3.98. The zero-order chi connectivity index (χ0) is 14.9. The number of fused-ring (bicyclic) bond motifs is 1. The maximum Gasteiger partial charge on any atom is 0.263 e. The van der Waals surface area contributed by atoms with Gasteiger partial charge >= 0.3 is 0 Å². The van der Waals surface area contributed by atoms with E-state index < -0.39 is 10.0 Å². The monoisotopic (exact) mass is 322 g/mol. The van der Waals surface area contributed by atoms with Crippen LogP contribution in [-0.2, 0) is 16.4 Å². The molecule has 1 aliphatic heterocycles. The first-order valence-electron chi connectivity index (χ1n) is 6.70. The first-order chi connectivity index (χ1) is 10.1. The first-order valence-corrected chi connectivity index (χ1v) is 8.56. The molecule has 4 nitrogen and oxygen atoms in total. The smallest absolute Gasteiger partial charge is 0.263 e. The standard InChI is InChI=1S/C15H15ClN2O2S/c16-13-5-1-2-6-15(13)21(19,20)18-12-7-8-14-11(10-12)4-3-9-17-14/h1-2,5-8,10,17-18H,3-4,9H2. The van der Waals surface area contributed by atoms with Crippen LogP contribution in [-0.4, -0.2) is 15.0 Å². The van der Waals surface area contributed by atoms with Crippen molar-refractivity contribution in [2.45, 2.75) is 17.7 Å². The summed E-state index contributed by atoms with van der Waals surface area (Å²) in [6.45, 7) is 0.956. The predicted molar refractivity (Wildman–Crippen MR) is 85.5 cm³/mol. The van der Waals surface area contributed by atoms with Gasteiger partial charge in [0.25, 0.3) is 10.0 Å². The van der Waals surface area contributed by atoms with Crippen LogP contribution >= 0.6 is 11.6 Å². The number of halogens is 1. The molecule has 6 heteroatoms. The largest absolute Gasteiger partial charge is 0.385 e. The molecule has 21 heavy (non-hydrogen) atoms. The zero-order valence-corrected chi connectivity index (χ0v) is 12.8. The molecule has 0 atom stereocenters. The van der Waals surface area contributed by atoms with Gasteiger partial charge in [-0.2, -0.15) is 0 Å². The van der Waals surface area contributed by atoms with E-state index in [0.717, 1.165) is 30.6 Å². The molecule has 0 aromatic heterocycles. The summed E-state index contributed by atoms with van der Waals surface area (Å²) in [5.41, 5.74) is 2.75. The fraction of sp³-hybridized carbons (Fsp3) is 0.200. The van der Waals surface area contributed by atoms with Gasteiger partial charge in [0, 0.05) is 17.9 Å². The minimum absolute atomic E-state index is 0.0857. The highest BCUT2D eigenvalue weighted by molar-refractivity contribution is 7.92. The van der Waals surface area contributed by atoms with Crippen LogP contribution in [0.15, 0.2) is 47.4 Å². The van der Waals surface area contributed by atoms with Gasteiger partial charge < -0.3 is 5.32 Å². The van der Waals surface area contributed by atoms with Gasteiger partial charge in [-0.3, -0.25) is 4.72 Å². The Balaban J connectivity index is 1.91. The quantitative estimate of drug-likeness (QED) is 0.909. The van der Waals surface area contributed by atoms with Gasteiger partial charge in [0.2, 0.25) is 0 Å². The van der Waals surface area contributed by atoms with E-state index in [9.17, 15) is 8.42 Å². The normalized spacial score (nSPS) is 14.1. The Morgan fingerprint density at radius 3 is 2.76 bits per heavy atom.